The molecule has 0 bridgehead atoms. The third kappa shape index (κ3) is 38.8. The Labute approximate surface area is 747 Å². The minimum atomic E-state index is -2.15. The SMILES string of the molecule is CC(C)C[C@H]([NH3+])C(=O)N[C@@H](CCC(=O)O)C(=O)N[C@@H](CO)C(=O)N[C@@H](CCCC[NH3+])C(=O)N1CCC[C@H]1C(=O)N[C@@H](Cc1ccc(O)cc1)C(=O)N[C@@H](CC(N)=O)C(=O)N1CCC[C@H]1C(=O)N[C@@H](Cc1ccccc1)C(=O)N[C@@H](CCC(=O)O)C(=O)N[C@@H](CCC(=O)O)C(=O)N[C@@H](CCC(=O)O)C(=O)N[C@@H](CCC(=O)O)C(=O)N[C@@H](CCC(=O)O)C(=O)N[C@@H](CC(=O)O)C(=O)O. The molecular weight excluding hydrogens is 1740 g/mol. The van der Waals surface area contributed by atoms with Gasteiger partial charge in [-0.25, -0.2) is 4.79 Å². The molecule has 15 atom stereocenters. The lowest BCUT2D eigenvalue weighted by atomic mass is 10.0. The molecule has 15 amide bonds. The Hall–Kier alpha value is -14.1. The lowest BCUT2D eigenvalue weighted by Crippen LogP contribution is -2.69. The van der Waals surface area contributed by atoms with Gasteiger partial charge in [0, 0.05) is 70.9 Å². The number of nitrogens with two attached hydrogens (primary N) is 1. The van der Waals surface area contributed by atoms with E-state index in [1.165, 1.54) is 48.5 Å². The summed E-state index contributed by atoms with van der Waals surface area (Å²) in [6.45, 7) is 2.61. The molecule has 0 spiro atoms. The van der Waals surface area contributed by atoms with Crippen molar-refractivity contribution in [3.05, 3.63) is 65.7 Å². The van der Waals surface area contributed by atoms with E-state index in [2.05, 4.69) is 64.6 Å². The van der Waals surface area contributed by atoms with Crippen molar-refractivity contribution >= 4 is 136 Å². The highest BCUT2D eigenvalue weighted by Crippen LogP contribution is 2.24. The Balaban J connectivity index is 1.66. The molecule has 722 valence electrons. The maximum Gasteiger partial charge on any atom is 0.326 e. The number of likely N-dealkylation sites (tertiary alicyclic amines) is 2. The summed E-state index contributed by atoms with van der Waals surface area (Å²) in [7, 11) is 0. The number of carbonyl (C=O) groups is 23. The average Bonchev–Trinajstić information content (AvgIpc) is 1.71. The van der Waals surface area contributed by atoms with Crippen molar-refractivity contribution in [1.82, 2.24) is 73.6 Å². The standard InChI is InChI=1S/C81H115N17O33/c1-40(2)34-44(83)67(116)85-45(19-25-60(102)103)73(122)96-56(39-99)76(125)91-51(12-6-7-31-82)79(128)97-32-8-13-57(97)77(126)93-53(36-42-15-17-43(100)18-16-42)75(124)94-54(37-59(84)101)80(129)98-33-9-14-58(98)78(127)92-52(35-41-10-4-3-5-11-41)74(123)90-49(23-29-64(110)111)71(120)88-47(21-27-62(106)107)69(118)86-46(20-26-61(104)105)68(117)87-48(22-28-63(108)109)70(119)89-50(24-30-65(112)113)72(121)95-55(81(130)131)38-66(114)115/h3-5,10-11,15-18,40,44-58,99-100H,6-9,12-14,19-39,82-83H2,1-2H3,(H2,84,101)(H,85,116)(H,86,118)(H,87,117)(H,88,120)(H,89,119)(H,90,123)(H,91,125)(H,92,127)(H,93,126)(H,94,124)(H,95,121)(H,96,122)(H,102,103)(H,104,105)(H,106,107)(H,108,109)(H,110,111)(H,112,113)(H,114,115)(H,130,131)/p+2/t44-,45-,46-,47-,48-,49-,50-,51-,52-,53-,54-,55-,56-,57-,58-/m0/s1. The molecule has 2 aliphatic rings. The third-order valence-corrected chi connectivity index (χ3v) is 20.8. The number of aliphatic carboxylic acids is 8. The maximum atomic E-state index is 15.0. The number of phenolic OH excluding ortho intramolecular Hbond substituents is 1. The number of hydrogen-bond donors (Lipinski definition) is 25. The number of benzene rings is 2. The van der Waals surface area contributed by atoms with Crippen molar-refractivity contribution in [2.75, 3.05) is 26.2 Å². The van der Waals surface area contributed by atoms with Crippen LogP contribution in [0.25, 0.3) is 0 Å². The first-order valence-corrected chi connectivity index (χ1v) is 42.1. The van der Waals surface area contributed by atoms with E-state index in [0.717, 1.165) is 9.80 Å². The van der Waals surface area contributed by atoms with Gasteiger partial charge >= 0.3 is 47.8 Å². The highest BCUT2D eigenvalue weighted by atomic mass is 16.4. The molecule has 2 heterocycles. The normalized spacial score (nSPS) is 16.4. The third-order valence-electron chi connectivity index (χ3n) is 20.8. The van der Waals surface area contributed by atoms with Crippen molar-refractivity contribution in [3.8, 4) is 5.75 Å². The minimum Gasteiger partial charge on any atom is -0.508 e. The van der Waals surface area contributed by atoms with Crippen LogP contribution in [0.5, 0.6) is 5.75 Å². The first kappa shape index (κ1) is 109. The van der Waals surface area contributed by atoms with Crippen molar-refractivity contribution < 1.29 is 173 Å². The number of carboxylic acids is 8. The average molecular weight is 1860 g/mol. The number of aliphatic hydroxyl groups excluding tert-OH is 1. The smallest absolute Gasteiger partial charge is 0.326 e. The molecule has 131 heavy (non-hydrogen) atoms. The summed E-state index contributed by atoms with van der Waals surface area (Å²) in [6.07, 6.45) is -12.3. The summed E-state index contributed by atoms with van der Waals surface area (Å²) in [6, 6.07) is -13.7. The number of aromatic hydroxyl groups is 1. The molecule has 50 nitrogen and oxygen atoms in total. The van der Waals surface area contributed by atoms with Gasteiger partial charge in [0.2, 0.25) is 82.7 Å². The van der Waals surface area contributed by atoms with Gasteiger partial charge in [0.15, 0.2) is 6.04 Å². The van der Waals surface area contributed by atoms with Crippen LogP contribution in [0.1, 0.15) is 166 Å². The van der Waals surface area contributed by atoms with Crippen LogP contribution in [0.3, 0.4) is 0 Å². The maximum absolute atomic E-state index is 15.0. The zero-order valence-electron chi connectivity index (χ0n) is 72.0. The highest BCUT2D eigenvalue weighted by molar-refractivity contribution is 6.02. The second kappa shape index (κ2) is 55.0. The number of carbonyl (C=O) groups excluding carboxylic acids is 15. The van der Waals surface area contributed by atoms with Crippen LogP contribution >= 0.6 is 0 Å². The lowest BCUT2D eigenvalue weighted by Gasteiger charge is -2.32. The number of nitrogens with one attached hydrogen (secondary N) is 12. The lowest BCUT2D eigenvalue weighted by molar-refractivity contribution is -0.406. The Kier molecular flexibility index (Phi) is 45.8. The number of hydrogen-bond acceptors (Lipinski definition) is 25. The highest BCUT2D eigenvalue weighted by Gasteiger charge is 2.45. The van der Waals surface area contributed by atoms with Crippen LogP contribution in [0.2, 0.25) is 0 Å². The molecule has 2 saturated heterocycles. The van der Waals surface area contributed by atoms with E-state index in [1.54, 1.807) is 6.07 Å². The van der Waals surface area contributed by atoms with Crippen LogP contribution in [0, 0.1) is 5.92 Å². The zero-order chi connectivity index (χ0) is 98.1. The Morgan fingerprint density at radius 3 is 1.02 bits per heavy atom. The van der Waals surface area contributed by atoms with Crippen molar-refractivity contribution in [3.63, 3.8) is 0 Å². The van der Waals surface area contributed by atoms with E-state index in [4.69, 9.17) is 5.73 Å². The summed E-state index contributed by atoms with van der Waals surface area (Å²) in [5.74, 6) is -31.0. The first-order chi connectivity index (χ1) is 61.7. The molecule has 2 aromatic carbocycles. The van der Waals surface area contributed by atoms with Gasteiger partial charge in [-0.05, 0) is 113 Å². The van der Waals surface area contributed by atoms with Gasteiger partial charge in [-0.15, -0.1) is 0 Å². The Morgan fingerprint density at radius 1 is 0.374 bits per heavy atom. The van der Waals surface area contributed by atoms with E-state index in [9.17, 15) is 157 Å². The molecule has 4 rings (SSSR count). The number of carboxylic acid groups (broad SMARTS) is 8. The number of quaternary nitrogens is 2. The molecule has 2 fully saturated rings. The van der Waals surface area contributed by atoms with Gasteiger partial charge in [-0.2, -0.15) is 0 Å². The second-order valence-corrected chi connectivity index (χ2v) is 31.7. The summed E-state index contributed by atoms with van der Waals surface area (Å²) < 4.78 is 0. The van der Waals surface area contributed by atoms with Crippen LogP contribution in [-0.4, -0.2) is 314 Å². The Morgan fingerprint density at radius 2 is 0.687 bits per heavy atom. The molecule has 0 aromatic heterocycles. The van der Waals surface area contributed by atoms with Gasteiger partial charge in [-0.3, -0.25) is 105 Å². The predicted octanol–water partition coefficient (Wildman–Crippen LogP) is -8.34. The number of primary amides is 1. The van der Waals surface area contributed by atoms with E-state index in [-0.39, 0.29) is 68.8 Å². The quantitative estimate of drug-likeness (QED) is 0.0274. The van der Waals surface area contributed by atoms with Crippen molar-refractivity contribution in [2.45, 2.75) is 259 Å². The van der Waals surface area contributed by atoms with Gasteiger partial charge < -0.3 is 142 Å². The number of unbranched alkanes of at least 4 members (excludes halogenated alkanes) is 1. The predicted molar refractivity (Wildman–Crippen MR) is 444 cm³/mol. The topological polar surface area (TPSA) is 827 Å². The second-order valence-electron chi connectivity index (χ2n) is 31.7. The van der Waals surface area contributed by atoms with Crippen molar-refractivity contribution in [1.29, 1.82) is 0 Å². The molecule has 50 heteroatoms. The van der Waals surface area contributed by atoms with Gasteiger partial charge in [0.25, 0.3) is 5.91 Å². The van der Waals surface area contributed by atoms with Crippen molar-refractivity contribution in [2.24, 2.45) is 11.7 Å². The number of aliphatic hydroxyl groups is 1. The first-order valence-electron chi connectivity index (χ1n) is 42.1. The van der Waals surface area contributed by atoms with Gasteiger partial charge in [-0.1, -0.05) is 56.3 Å². The summed E-state index contributed by atoms with van der Waals surface area (Å²) in [5, 5.41) is 125. The van der Waals surface area contributed by atoms with E-state index in [1.807, 2.05) is 24.5 Å². The largest absolute Gasteiger partial charge is 0.508 e. The molecule has 0 saturated carbocycles. The fourth-order valence-electron chi connectivity index (χ4n) is 14.1. The van der Waals surface area contributed by atoms with Gasteiger partial charge in [0.1, 0.15) is 90.3 Å². The molecule has 0 unspecified atom stereocenters. The Bertz CT molecular complexity index is 4430. The fraction of sp³-hybridized carbons (Fsp3) is 0.568. The molecule has 2 aliphatic heterocycles. The van der Waals surface area contributed by atoms with Gasteiger partial charge in [0.05, 0.1) is 26.0 Å². The van der Waals surface area contributed by atoms with E-state index >= 15 is 4.79 Å². The molecule has 0 aliphatic carbocycles. The summed E-state index contributed by atoms with van der Waals surface area (Å²) in [5.41, 5.74) is 13.9. The van der Waals surface area contributed by atoms with E-state index < -0.39 is 336 Å². The molecule has 2 aromatic rings. The number of nitrogens with zero attached hydrogens (tertiary/aromatic N) is 2. The van der Waals surface area contributed by atoms with Crippen LogP contribution < -0.4 is 81.0 Å². The fourth-order valence-corrected chi connectivity index (χ4v) is 14.1. The van der Waals surface area contributed by atoms with Crippen LogP contribution in [0.15, 0.2) is 54.6 Å². The monoisotopic (exact) mass is 1860 g/mol. The molecule has 0 radical (unpaired) electrons. The molecular formula is C81H117N17O33+2. The van der Waals surface area contributed by atoms with E-state index in [0.29, 0.717) is 24.9 Å². The van der Waals surface area contributed by atoms with Crippen LogP contribution in [0.4, 0.5) is 0 Å². The number of rotatable bonds is 60. The minimum absolute atomic E-state index is 0.00542. The molecule has 30 N–H and O–H groups in total. The number of amides is 15. The number of phenols is 1. The summed E-state index contributed by atoms with van der Waals surface area (Å²) in [4.78, 5) is 310. The van der Waals surface area contributed by atoms with Crippen LogP contribution in [-0.2, 0) is 123 Å². The summed E-state index contributed by atoms with van der Waals surface area (Å²) >= 11 is 0. The zero-order valence-corrected chi connectivity index (χ0v) is 72.0.